The van der Waals surface area contributed by atoms with E-state index in [2.05, 4.69) is 20.8 Å². The molecule has 0 radical (unpaired) electrons. The Bertz CT molecular complexity index is 130. The lowest BCUT2D eigenvalue weighted by atomic mass is 10.1. The highest BCUT2D eigenvalue weighted by molar-refractivity contribution is 4.65. The third-order valence-corrected chi connectivity index (χ3v) is 0.994. The number of nitro groups is 1. The van der Waals surface area contributed by atoms with Gasteiger partial charge in [0.25, 0.3) is 0 Å². The second-order valence-corrected chi connectivity index (χ2v) is 4.01. The second kappa shape index (κ2) is 5.94. The Kier molecular flexibility index (Phi) is 6.89. The molecule has 0 bridgehead atoms. The smallest absolute Gasteiger partial charge is 0.228 e. The van der Waals surface area contributed by atoms with Crippen molar-refractivity contribution in [2.75, 3.05) is 6.54 Å². The molecule has 0 aromatic heterocycles. The highest BCUT2D eigenvalue weighted by atomic mass is 16.6. The van der Waals surface area contributed by atoms with Gasteiger partial charge in [0, 0.05) is 18.8 Å². The molecule has 0 unspecified atom stereocenters. The monoisotopic (exact) mass is 176 g/mol. The fraction of sp³-hybridized carbons (Fsp3) is 1.00. The quantitative estimate of drug-likeness (QED) is 0.514. The third kappa shape index (κ3) is 9.36. The fourth-order valence-corrected chi connectivity index (χ4v) is 0.0745. The minimum atomic E-state index is -0.958. The Morgan fingerprint density at radius 2 is 1.67 bits per heavy atom. The zero-order valence-corrected chi connectivity index (χ0v) is 8.63. The highest BCUT2D eigenvalue weighted by Gasteiger charge is 2.27. The summed E-state index contributed by atoms with van der Waals surface area (Å²) in [5.41, 5.74) is 4.11. The van der Waals surface area contributed by atoms with Gasteiger partial charge in [0.05, 0.1) is 6.54 Å². The molecular formula is C8H20N2O2. The van der Waals surface area contributed by atoms with Crippen molar-refractivity contribution in [3.05, 3.63) is 10.1 Å². The maximum atomic E-state index is 9.98. The van der Waals surface area contributed by atoms with Crippen LogP contribution < -0.4 is 5.73 Å². The molecule has 0 aliphatic rings. The summed E-state index contributed by atoms with van der Waals surface area (Å²) in [6, 6.07) is 0. The van der Waals surface area contributed by atoms with E-state index >= 15 is 0 Å². The normalized spacial score (nSPS) is 10.6. The van der Waals surface area contributed by atoms with Crippen molar-refractivity contribution in [1.29, 1.82) is 0 Å². The number of hydrogen-bond acceptors (Lipinski definition) is 3. The van der Waals surface area contributed by atoms with E-state index in [1.54, 1.807) is 0 Å². The van der Waals surface area contributed by atoms with Crippen molar-refractivity contribution >= 4 is 0 Å². The Labute approximate surface area is 74.3 Å². The summed E-state index contributed by atoms with van der Waals surface area (Å²) in [6.07, 6.45) is 0. The topological polar surface area (TPSA) is 69.2 Å². The molecule has 0 aliphatic heterocycles. The van der Waals surface area contributed by atoms with Gasteiger partial charge in [-0.25, -0.2) is 0 Å². The largest absolute Gasteiger partial charge is 0.324 e. The Balaban J connectivity index is 0. The summed E-state index contributed by atoms with van der Waals surface area (Å²) in [4.78, 5) is 9.60. The lowest BCUT2D eigenvalue weighted by Gasteiger charge is -2.10. The zero-order valence-electron chi connectivity index (χ0n) is 8.63. The molecule has 0 amide bonds. The van der Waals surface area contributed by atoms with Gasteiger partial charge in [0.1, 0.15) is 0 Å². The molecule has 0 fully saturated rings. The summed E-state index contributed by atoms with van der Waals surface area (Å²) in [6.45, 7) is 9.57. The van der Waals surface area contributed by atoms with Crippen molar-refractivity contribution in [3.8, 4) is 0 Å². The van der Waals surface area contributed by atoms with E-state index in [1.807, 2.05) is 0 Å². The first-order valence-electron chi connectivity index (χ1n) is 4.08. The van der Waals surface area contributed by atoms with E-state index in [-0.39, 0.29) is 11.5 Å². The summed E-state index contributed by atoms with van der Waals surface area (Å²) >= 11 is 0. The van der Waals surface area contributed by atoms with Crippen molar-refractivity contribution in [2.24, 2.45) is 11.7 Å². The minimum absolute atomic E-state index is 0.0833. The van der Waals surface area contributed by atoms with Gasteiger partial charge in [-0.3, -0.25) is 10.1 Å². The van der Waals surface area contributed by atoms with Gasteiger partial charge < -0.3 is 5.73 Å². The Morgan fingerprint density at radius 1 is 1.42 bits per heavy atom. The summed E-state index contributed by atoms with van der Waals surface area (Å²) in [5.74, 6) is 0.833. The van der Waals surface area contributed by atoms with Crippen LogP contribution in [0.2, 0.25) is 0 Å². The van der Waals surface area contributed by atoms with Crippen LogP contribution in [0.1, 0.15) is 34.6 Å². The maximum Gasteiger partial charge on any atom is 0.228 e. The van der Waals surface area contributed by atoms with E-state index in [4.69, 9.17) is 5.73 Å². The Morgan fingerprint density at radius 3 is 1.67 bits per heavy atom. The van der Waals surface area contributed by atoms with Crippen LogP contribution in [-0.2, 0) is 0 Å². The standard InChI is InChI=1S/C4H10N2O2.C4H10/c1-4(2,3-5)6(7)8;1-4(2)3/h3,5H2,1-2H3;4H,1-3H3. The first kappa shape index (κ1) is 13.9. The summed E-state index contributed by atoms with van der Waals surface area (Å²) < 4.78 is 0. The predicted octanol–water partition coefficient (Wildman–Crippen LogP) is 1.66. The van der Waals surface area contributed by atoms with E-state index in [1.165, 1.54) is 13.8 Å². The van der Waals surface area contributed by atoms with Crippen LogP contribution in [0.3, 0.4) is 0 Å². The molecule has 4 heteroatoms. The molecule has 74 valence electrons. The van der Waals surface area contributed by atoms with E-state index in [9.17, 15) is 10.1 Å². The maximum absolute atomic E-state index is 9.98. The molecule has 0 rings (SSSR count). The molecule has 0 saturated heterocycles. The van der Waals surface area contributed by atoms with Crippen molar-refractivity contribution in [3.63, 3.8) is 0 Å². The summed E-state index contributed by atoms with van der Waals surface area (Å²) in [7, 11) is 0. The van der Waals surface area contributed by atoms with Gasteiger partial charge in [-0.2, -0.15) is 0 Å². The number of rotatable bonds is 2. The van der Waals surface area contributed by atoms with Crippen LogP contribution in [0.15, 0.2) is 0 Å². The molecule has 0 spiro atoms. The SMILES string of the molecule is CC(C)(CN)[N+](=O)[O-].CC(C)C. The first-order valence-corrected chi connectivity index (χ1v) is 4.08. The van der Waals surface area contributed by atoms with Crippen LogP contribution in [0.25, 0.3) is 0 Å². The Hall–Kier alpha value is -0.640. The molecule has 0 aromatic carbocycles. The van der Waals surface area contributed by atoms with Gasteiger partial charge >= 0.3 is 0 Å². The van der Waals surface area contributed by atoms with Crippen molar-refractivity contribution < 1.29 is 4.92 Å². The van der Waals surface area contributed by atoms with E-state index in [0.29, 0.717) is 0 Å². The van der Waals surface area contributed by atoms with Crippen LogP contribution in [0, 0.1) is 16.0 Å². The van der Waals surface area contributed by atoms with Crippen molar-refractivity contribution in [1.82, 2.24) is 0 Å². The lowest BCUT2D eigenvalue weighted by Crippen LogP contribution is -2.38. The average molecular weight is 176 g/mol. The first-order chi connectivity index (χ1) is 5.24. The molecule has 0 heterocycles. The number of nitrogens with two attached hydrogens (primary N) is 1. The average Bonchev–Trinajstić information content (AvgIpc) is 1.86. The van der Waals surface area contributed by atoms with E-state index < -0.39 is 5.54 Å². The van der Waals surface area contributed by atoms with Gasteiger partial charge in [0.15, 0.2) is 0 Å². The van der Waals surface area contributed by atoms with Crippen LogP contribution in [0.4, 0.5) is 0 Å². The molecule has 2 N–H and O–H groups in total. The summed E-state index contributed by atoms with van der Waals surface area (Å²) in [5, 5.41) is 9.98. The molecule has 0 aromatic rings. The predicted molar refractivity (Wildman–Crippen MR) is 50.6 cm³/mol. The molecular weight excluding hydrogens is 156 g/mol. The highest BCUT2D eigenvalue weighted by Crippen LogP contribution is 2.02. The lowest BCUT2D eigenvalue weighted by molar-refractivity contribution is -0.557. The third-order valence-electron chi connectivity index (χ3n) is 0.994. The van der Waals surface area contributed by atoms with Gasteiger partial charge in [-0.05, 0) is 5.92 Å². The van der Waals surface area contributed by atoms with Gasteiger partial charge in [-0.1, -0.05) is 20.8 Å². The van der Waals surface area contributed by atoms with E-state index in [0.717, 1.165) is 5.92 Å². The number of hydrogen-bond donors (Lipinski definition) is 1. The zero-order chi connectivity index (χ0) is 10.4. The molecule has 0 saturated carbocycles. The molecule has 0 atom stereocenters. The molecule has 12 heavy (non-hydrogen) atoms. The molecule has 4 nitrogen and oxygen atoms in total. The van der Waals surface area contributed by atoms with Crippen molar-refractivity contribution in [2.45, 2.75) is 40.2 Å². The van der Waals surface area contributed by atoms with Gasteiger partial charge in [-0.15, -0.1) is 0 Å². The fourth-order valence-electron chi connectivity index (χ4n) is 0.0745. The van der Waals surface area contributed by atoms with Crippen LogP contribution >= 0.6 is 0 Å². The van der Waals surface area contributed by atoms with Gasteiger partial charge in [0.2, 0.25) is 5.54 Å². The minimum Gasteiger partial charge on any atom is -0.324 e. The van der Waals surface area contributed by atoms with Crippen LogP contribution in [0.5, 0.6) is 0 Å². The van der Waals surface area contributed by atoms with Crippen LogP contribution in [-0.4, -0.2) is 17.0 Å². The number of nitrogens with zero attached hydrogens (tertiary/aromatic N) is 1. The molecule has 0 aliphatic carbocycles. The second-order valence-electron chi connectivity index (χ2n) is 4.01.